The fourth-order valence-corrected chi connectivity index (χ4v) is 7.77. The van der Waals surface area contributed by atoms with E-state index in [1.165, 1.54) is 66.1 Å². The Morgan fingerprint density at radius 1 is 0.375 bits per heavy atom. The molecule has 0 bridgehead atoms. The number of para-hydroxylation sites is 1. The minimum Gasteiger partial charge on any atom is -0.311 e. The molecule has 1 heteroatoms. The zero-order valence-electron chi connectivity index (χ0n) is 27.2. The second-order valence-corrected chi connectivity index (χ2v) is 13.4. The normalized spacial score (nSPS) is 13.0. The zero-order valence-corrected chi connectivity index (χ0v) is 27.2. The van der Waals surface area contributed by atoms with Gasteiger partial charge < -0.3 is 4.90 Å². The first-order chi connectivity index (χ1) is 23.6. The highest BCUT2D eigenvalue weighted by molar-refractivity contribution is 6.09. The van der Waals surface area contributed by atoms with Crippen molar-refractivity contribution in [2.45, 2.75) is 19.3 Å². The zero-order chi connectivity index (χ0) is 32.2. The van der Waals surface area contributed by atoms with Gasteiger partial charge in [-0.1, -0.05) is 141 Å². The minimum absolute atomic E-state index is 0.0617. The Bertz CT molecular complexity index is 2450. The summed E-state index contributed by atoms with van der Waals surface area (Å²) in [6, 6.07) is 64.2. The van der Waals surface area contributed by atoms with E-state index in [9.17, 15) is 0 Å². The van der Waals surface area contributed by atoms with Gasteiger partial charge in [-0.3, -0.25) is 0 Å². The molecule has 1 aliphatic carbocycles. The van der Waals surface area contributed by atoms with Crippen LogP contribution in [0.2, 0.25) is 0 Å². The van der Waals surface area contributed by atoms with Gasteiger partial charge in [0.05, 0.1) is 0 Å². The van der Waals surface area contributed by atoms with Gasteiger partial charge in [0.2, 0.25) is 0 Å². The second-order valence-electron chi connectivity index (χ2n) is 13.4. The largest absolute Gasteiger partial charge is 0.311 e. The molecule has 0 aromatic heterocycles. The number of hydrogen-bond acceptors (Lipinski definition) is 1. The molecule has 0 radical (unpaired) electrons. The average Bonchev–Trinajstić information content (AvgIpc) is 3.38. The van der Waals surface area contributed by atoms with Crippen LogP contribution in [0.1, 0.15) is 25.0 Å². The van der Waals surface area contributed by atoms with Crippen LogP contribution in [0.3, 0.4) is 0 Å². The van der Waals surface area contributed by atoms with E-state index in [0.717, 1.165) is 17.1 Å². The lowest BCUT2D eigenvalue weighted by Crippen LogP contribution is -2.15. The SMILES string of the molecule is CC1(C)c2ccccc2-c2c1cc(-c1ccc(N(c3ccccc3)c3ccc(-c4ccc5ccccc5c4)cc3)cc1)c1ccccc21. The molecule has 0 fully saturated rings. The van der Waals surface area contributed by atoms with Crippen LogP contribution in [-0.2, 0) is 5.41 Å². The molecule has 0 N–H and O–H groups in total. The van der Waals surface area contributed by atoms with E-state index in [0.29, 0.717) is 0 Å². The molecule has 0 aliphatic heterocycles. The number of nitrogens with zero attached hydrogens (tertiary/aromatic N) is 1. The molecular weight excluding hydrogens is 579 g/mol. The molecule has 0 atom stereocenters. The molecule has 228 valence electrons. The standard InChI is InChI=1S/C47H35N/c1-47(2)44-19-11-10-18-42(44)46-41-17-9-8-16-40(41)43(31-45(46)47)34-24-28-39(29-25-34)48(37-14-4-3-5-15-37)38-26-22-33(23-27-38)36-21-20-32-12-6-7-13-35(32)30-36/h3-31H,1-2H3. The van der Waals surface area contributed by atoms with Crippen molar-refractivity contribution in [1.82, 2.24) is 0 Å². The molecule has 8 aromatic carbocycles. The van der Waals surface area contributed by atoms with Gasteiger partial charge >= 0.3 is 0 Å². The smallest absolute Gasteiger partial charge is 0.0462 e. The van der Waals surface area contributed by atoms with Gasteiger partial charge in [0.25, 0.3) is 0 Å². The van der Waals surface area contributed by atoms with E-state index in [-0.39, 0.29) is 5.41 Å². The first-order valence-electron chi connectivity index (χ1n) is 16.8. The fraction of sp³-hybridized carbons (Fsp3) is 0.0638. The maximum absolute atomic E-state index is 2.45. The Balaban J connectivity index is 1.12. The molecule has 1 nitrogen and oxygen atoms in total. The molecule has 8 aromatic rings. The third-order valence-electron chi connectivity index (χ3n) is 10.2. The van der Waals surface area contributed by atoms with Crippen molar-refractivity contribution in [3.63, 3.8) is 0 Å². The summed E-state index contributed by atoms with van der Waals surface area (Å²) in [6.07, 6.45) is 0. The van der Waals surface area contributed by atoms with Crippen molar-refractivity contribution in [3.05, 3.63) is 187 Å². The predicted molar refractivity (Wildman–Crippen MR) is 205 cm³/mol. The first kappa shape index (κ1) is 28.3. The summed E-state index contributed by atoms with van der Waals surface area (Å²) in [4.78, 5) is 2.34. The van der Waals surface area contributed by atoms with Crippen LogP contribution < -0.4 is 4.90 Å². The van der Waals surface area contributed by atoms with E-state index in [1.807, 2.05) is 0 Å². The van der Waals surface area contributed by atoms with E-state index < -0.39 is 0 Å². The molecule has 1 aliphatic rings. The van der Waals surface area contributed by atoms with Crippen LogP contribution in [0.5, 0.6) is 0 Å². The maximum Gasteiger partial charge on any atom is 0.0462 e. The third kappa shape index (κ3) is 4.54. The third-order valence-corrected chi connectivity index (χ3v) is 10.2. The van der Waals surface area contributed by atoms with Crippen molar-refractivity contribution in [2.75, 3.05) is 4.90 Å². The molecule has 9 rings (SSSR count). The Morgan fingerprint density at radius 2 is 0.938 bits per heavy atom. The molecule has 0 amide bonds. The van der Waals surface area contributed by atoms with Crippen molar-refractivity contribution >= 4 is 38.6 Å². The lowest BCUT2D eigenvalue weighted by Gasteiger charge is -2.26. The van der Waals surface area contributed by atoms with Crippen LogP contribution in [0.15, 0.2) is 176 Å². The van der Waals surface area contributed by atoms with Gasteiger partial charge in [0.15, 0.2) is 0 Å². The predicted octanol–water partition coefficient (Wildman–Crippen LogP) is 13.1. The lowest BCUT2D eigenvalue weighted by molar-refractivity contribution is 0.661. The Labute approximate surface area is 282 Å². The summed E-state index contributed by atoms with van der Waals surface area (Å²) in [7, 11) is 0. The van der Waals surface area contributed by atoms with Gasteiger partial charge in [-0.05, 0) is 115 Å². The second kappa shape index (κ2) is 11.1. The van der Waals surface area contributed by atoms with Crippen molar-refractivity contribution in [2.24, 2.45) is 0 Å². The van der Waals surface area contributed by atoms with Crippen molar-refractivity contribution in [3.8, 4) is 33.4 Å². The number of fused-ring (bicyclic) bond motifs is 6. The Kier molecular flexibility index (Phi) is 6.55. The molecule has 0 unspecified atom stereocenters. The fourth-order valence-electron chi connectivity index (χ4n) is 7.77. The van der Waals surface area contributed by atoms with Crippen LogP contribution in [0.4, 0.5) is 17.1 Å². The molecule has 0 saturated heterocycles. The van der Waals surface area contributed by atoms with Gasteiger partial charge in [-0.2, -0.15) is 0 Å². The monoisotopic (exact) mass is 613 g/mol. The number of rotatable bonds is 5. The first-order valence-corrected chi connectivity index (χ1v) is 16.8. The van der Waals surface area contributed by atoms with Crippen LogP contribution in [0.25, 0.3) is 54.9 Å². The Morgan fingerprint density at radius 3 is 1.69 bits per heavy atom. The number of hydrogen-bond donors (Lipinski definition) is 0. The number of benzene rings is 8. The summed E-state index contributed by atoms with van der Waals surface area (Å²) in [5, 5.41) is 5.14. The summed E-state index contributed by atoms with van der Waals surface area (Å²) < 4.78 is 0. The summed E-state index contributed by atoms with van der Waals surface area (Å²) in [5.74, 6) is 0. The summed E-state index contributed by atoms with van der Waals surface area (Å²) >= 11 is 0. The molecule has 0 heterocycles. The van der Waals surface area contributed by atoms with Crippen LogP contribution in [0, 0.1) is 0 Å². The highest BCUT2D eigenvalue weighted by Gasteiger charge is 2.36. The van der Waals surface area contributed by atoms with Crippen molar-refractivity contribution < 1.29 is 0 Å². The van der Waals surface area contributed by atoms with Gasteiger partial charge in [-0.25, -0.2) is 0 Å². The van der Waals surface area contributed by atoms with Crippen LogP contribution in [-0.4, -0.2) is 0 Å². The van der Waals surface area contributed by atoms with E-state index in [4.69, 9.17) is 0 Å². The molecule has 48 heavy (non-hydrogen) atoms. The maximum atomic E-state index is 2.45. The summed E-state index contributed by atoms with van der Waals surface area (Å²) in [5.41, 5.74) is 13.8. The molecular formula is C47H35N. The van der Waals surface area contributed by atoms with Gasteiger partial charge in [0, 0.05) is 22.5 Å². The minimum atomic E-state index is -0.0617. The van der Waals surface area contributed by atoms with Gasteiger partial charge in [-0.15, -0.1) is 0 Å². The summed E-state index contributed by atoms with van der Waals surface area (Å²) in [6.45, 7) is 4.73. The highest BCUT2D eigenvalue weighted by Crippen LogP contribution is 2.53. The van der Waals surface area contributed by atoms with Crippen LogP contribution >= 0.6 is 0 Å². The Hall–Kier alpha value is -5.92. The van der Waals surface area contributed by atoms with E-state index in [2.05, 4.69) is 195 Å². The van der Waals surface area contributed by atoms with Gasteiger partial charge in [0.1, 0.15) is 0 Å². The quantitative estimate of drug-likeness (QED) is 0.187. The lowest BCUT2D eigenvalue weighted by atomic mass is 9.80. The van der Waals surface area contributed by atoms with Crippen molar-refractivity contribution in [1.29, 1.82) is 0 Å². The average molecular weight is 614 g/mol. The van der Waals surface area contributed by atoms with E-state index >= 15 is 0 Å². The highest BCUT2D eigenvalue weighted by atomic mass is 15.1. The number of anilines is 3. The molecule has 0 saturated carbocycles. The van der Waals surface area contributed by atoms with E-state index in [1.54, 1.807) is 0 Å². The molecule has 0 spiro atoms. The topological polar surface area (TPSA) is 3.24 Å².